The molecule has 15 heavy (non-hydrogen) atoms. The van der Waals surface area contributed by atoms with Gasteiger partial charge < -0.3 is 16.0 Å². The number of rotatable bonds is 6. The zero-order valence-corrected chi connectivity index (χ0v) is 10.6. The fourth-order valence-corrected chi connectivity index (χ4v) is 1.02. The van der Waals surface area contributed by atoms with E-state index < -0.39 is 5.54 Å². The molecule has 4 nitrogen and oxygen atoms in total. The van der Waals surface area contributed by atoms with Gasteiger partial charge in [0.2, 0.25) is 5.91 Å². The van der Waals surface area contributed by atoms with Crippen LogP contribution in [0.3, 0.4) is 0 Å². The van der Waals surface area contributed by atoms with Gasteiger partial charge in [0.1, 0.15) is 0 Å². The van der Waals surface area contributed by atoms with Crippen LogP contribution in [-0.4, -0.2) is 42.5 Å². The Morgan fingerprint density at radius 2 is 2.00 bits per heavy atom. The summed E-state index contributed by atoms with van der Waals surface area (Å²) in [5.41, 5.74) is 4.87. The lowest BCUT2D eigenvalue weighted by molar-refractivity contribution is -0.125. The van der Waals surface area contributed by atoms with Crippen molar-refractivity contribution in [2.24, 2.45) is 5.73 Å². The maximum absolute atomic E-state index is 11.4. The van der Waals surface area contributed by atoms with Gasteiger partial charge >= 0.3 is 0 Å². The lowest BCUT2D eigenvalue weighted by Crippen LogP contribution is -2.49. The molecule has 0 aromatic heterocycles. The molecule has 0 radical (unpaired) electrons. The molecule has 0 atom stereocenters. The molecule has 90 valence electrons. The summed E-state index contributed by atoms with van der Waals surface area (Å²) in [6.07, 6.45) is 0.955. The summed E-state index contributed by atoms with van der Waals surface area (Å²) in [6.45, 7) is 9.41. The number of carbonyl (C=O) groups is 1. The monoisotopic (exact) mass is 215 g/mol. The molecule has 0 bridgehead atoms. The summed E-state index contributed by atoms with van der Waals surface area (Å²) in [5.74, 6) is -0.0882. The molecule has 0 aromatic carbocycles. The Balaban J connectivity index is 3.60. The van der Waals surface area contributed by atoms with Crippen LogP contribution in [-0.2, 0) is 4.79 Å². The average molecular weight is 215 g/mol. The summed E-state index contributed by atoms with van der Waals surface area (Å²) in [7, 11) is 2.08. The smallest absolute Gasteiger partial charge is 0.239 e. The fourth-order valence-electron chi connectivity index (χ4n) is 1.02. The van der Waals surface area contributed by atoms with Gasteiger partial charge in [-0.15, -0.1) is 0 Å². The molecule has 4 heteroatoms. The average Bonchev–Trinajstić information content (AvgIpc) is 2.09. The summed E-state index contributed by atoms with van der Waals surface area (Å²) in [4.78, 5) is 13.6. The molecule has 0 saturated heterocycles. The number of nitrogens with zero attached hydrogens (tertiary/aromatic N) is 1. The molecular weight excluding hydrogens is 190 g/mol. The molecule has 0 aliphatic rings. The second kappa shape index (κ2) is 6.08. The van der Waals surface area contributed by atoms with Crippen LogP contribution in [0.4, 0.5) is 0 Å². The molecule has 0 spiro atoms. The number of amides is 1. The highest BCUT2D eigenvalue weighted by Crippen LogP contribution is 1.97. The van der Waals surface area contributed by atoms with E-state index in [9.17, 15) is 4.79 Å². The van der Waals surface area contributed by atoms with Crippen molar-refractivity contribution in [1.29, 1.82) is 0 Å². The summed E-state index contributed by atoms with van der Waals surface area (Å²) < 4.78 is 0. The Kier molecular flexibility index (Phi) is 5.83. The van der Waals surface area contributed by atoms with Crippen LogP contribution < -0.4 is 11.1 Å². The summed E-state index contributed by atoms with van der Waals surface area (Å²) in [5, 5.41) is 2.83. The largest absolute Gasteiger partial charge is 0.354 e. The Hall–Kier alpha value is -0.610. The van der Waals surface area contributed by atoms with Crippen molar-refractivity contribution < 1.29 is 4.79 Å². The molecule has 0 heterocycles. The van der Waals surface area contributed by atoms with Gasteiger partial charge in [0.05, 0.1) is 5.54 Å². The van der Waals surface area contributed by atoms with Crippen molar-refractivity contribution in [3.63, 3.8) is 0 Å². The minimum Gasteiger partial charge on any atom is -0.354 e. The van der Waals surface area contributed by atoms with Crippen LogP contribution >= 0.6 is 0 Å². The Morgan fingerprint density at radius 3 is 2.40 bits per heavy atom. The third kappa shape index (κ3) is 6.47. The first-order valence-electron chi connectivity index (χ1n) is 5.52. The van der Waals surface area contributed by atoms with E-state index in [1.165, 1.54) is 0 Å². The lowest BCUT2D eigenvalue weighted by atomic mass is 10.1. The maximum Gasteiger partial charge on any atom is 0.239 e. The molecule has 1 amide bonds. The minimum atomic E-state index is -0.774. The first-order valence-corrected chi connectivity index (χ1v) is 5.52. The first kappa shape index (κ1) is 14.4. The van der Waals surface area contributed by atoms with Gasteiger partial charge in [0.25, 0.3) is 0 Å². The number of nitrogens with one attached hydrogen (secondary N) is 1. The summed E-state index contributed by atoms with van der Waals surface area (Å²) >= 11 is 0. The van der Waals surface area contributed by atoms with Gasteiger partial charge in [0.15, 0.2) is 0 Å². The Morgan fingerprint density at radius 1 is 1.47 bits per heavy atom. The van der Waals surface area contributed by atoms with E-state index in [4.69, 9.17) is 5.73 Å². The highest BCUT2D eigenvalue weighted by atomic mass is 16.2. The van der Waals surface area contributed by atoms with E-state index in [1.54, 1.807) is 13.8 Å². The van der Waals surface area contributed by atoms with E-state index in [0.29, 0.717) is 12.6 Å². The lowest BCUT2D eigenvalue weighted by Gasteiger charge is -2.22. The molecule has 0 saturated carbocycles. The molecular formula is C11H25N3O. The van der Waals surface area contributed by atoms with Gasteiger partial charge in [0, 0.05) is 12.6 Å². The van der Waals surface area contributed by atoms with E-state index >= 15 is 0 Å². The second-order valence-corrected chi connectivity index (χ2v) is 4.91. The molecule has 0 aliphatic heterocycles. The molecule has 0 unspecified atom stereocenters. The molecule has 3 N–H and O–H groups in total. The molecule has 0 rings (SSSR count). The van der Waals surface area contributed by atoms with Crippen molar-refractivity contribution in [2.75, 3.05) is 20.1 Å². The van der Waals surface area contributed by atoms with Gasteiger partial charge in [-0.25, -0.2) is 0 Å². The molecule has 0 fully saturated rings. The van der Waals surface area contributed by atoms with Crippen LogP contribution in [0.25, 0.3) is 0 Å². The van der Waals surface area contributed by atoms with Crippen LogP contribution in [0, 0.1) is 0 Å². The van der Waals surface area contributed by atoms with Crippen molar-refractivity contribution in [2.45, 2.75) is 45.7 Å². The zero-order valence-electron chi connectivity index (χ0n) is 10.6. The Labute approximate surface area is 93.2 Å². The van der Waals surface area contributed by atoms with E-state index in [0.717, 1.165) is 13.0 Å². The van der Waals surface area contributed by atoms with E-state index in [-0.39, 0.29) is 5.91 Å². The highest BCUT2D eigenvalue weighted by Gasteiger charge is 2.20. The molecule has 0 aliphatic carbocycles. The number of carbonyl (C=O) groups excluding carboxylic acids is 1. The predicted molar refractivity (Wildman–Crippen MR) is 63.7 cm³/mol. The van der Waals surface area contributed by atoms with Gasteiger partial charge in [-0.05, 0) is 47.7 Å². The first-order chi connectivity index (χ1) is 6.75. The zero-order chi connectivity index (χ0) is 12.1. The van der Waals surface area contributed by atoms with Crippen molar-refractivity contribution in [3.05, 3.63) is 0 Å². The normalized spacial score (nSPS) is 12.3. The van der Waals surface area contributed by atoms with E-state index in [2.05, 4.69) is 31.1 Å². The van der Waals surface area contributed by atoms with Crippen molar-refractivity contribution >= 4 is 5.91 Å². The predicted octanol–water partition coefficient (Wildman–Crippen LogP) is 0.570. The van der Waals surface area contributed by atoms with E-state index in [1.807, 2.05) is 0 Å². The third-order valence-electron chi connectivity index (χ3n) is 2.44. The number of hydrogen-bond acceptors (Lipinski definition) is 3. The van der Waals surface area contributed by atoms with Crippen LogP contribution in [0.15, 0.2) is 0 Å². The van der Waals surface area contributed by atoms with Crippen LogP contribution in [0.1, 0.15) is 34.1 Å². The minimum absolute atomic E-state index is 0.0882. The Bertz CT molecular complexity index is 196. The van der Waals surface area contributed by atoms with Crippen LogP contribution in [0.2, 0.25) is 0 Å². The maximum atomic E-state index is 11.4. The third-order valence-corrected chi connectivity index (χ3v) is 2.44. The van der Waals surface area contributed by atoms with Gasteiger partial charge in [-0.1, -0.05) is 0 Å². The quantitative estimate of drug-likeness (QED) is 0.637. The summed E-state index contributed by atoms with van der Waals surface area (Å²) in [6, 6.07) is 0.548. The SMILES string of the molecule is CC(C)N(C)CCCNC(=O)C(C)(C)N. The topological polar surface area (TPSA) is 58.4 Å². The standard InChI is InChI=1S/C11H25N3O/c1-9(2)14(5)8-6-7-13-10(15)11(3,4)12/h9H,6-8,12H2,1-5H3,(H,13,15). The fraction of sp³-hybridized carbons (Fsp3) is 0.909. The molecule has 0 aromatic rings. The van der Waals surface area contributed by atoms with Crippen LogP contribution in [0.5, 0.6) is 0 Å². The number of nitrogens with two attached hydrogens (primary N) is 1. The van der Waals surface area contributed by atoms with Crippen molar-refractivity contribution in [3.8, 4) is 0 Å². The van der Waals surface area contributed by atoms with Crippen molar-refractivity contribution in [1.82, 2.24) is 10.2 Å². The highest BCUT2D eigenvalue weighted by molar-refractivity contribution is 5.84. The van der Waals surface area contributed by atoms with Gasteiger partial charge in [-0.2, -0.15) is 0 Å². The number of hydrogen-bond donors (Lipinski definition) is 2. The van der Waals surface area contributed by atoms with Gasteiger partial charge in [-0.3, -0.25) is 4.79 Å². The second-order valence-electron chi connectivity index (χ2n) is 4.91.